The third-order valence-corrected chi connectivity index (χ3v) is 5.28. The first-order valence-electron chi connectivity index (χ1n) is 5.61. The molecule has 0 spiro atoms. The van der Waals surface area contributed by atoms with Crippen LogP contribution in [0.5, 0.6) is 0 Å². The summed E-state index contributed by atoms with van der Waals surface area (Å²) in [7, 11) is -0.680. The van der Waals surface area contributed by atoms with E-state index in [0.717, 1.165) is 16.1 Å². The lowest BCUT2D eigenvalue weighted by molar-refractivity contribution is 0.429. The van der Waals surface area contributed by atoms with Gasteiger partial charge in [0.2, 0.25) is 15.9 Å². The van der Waals surface area contributed by atoms with E-state index in [1.54, 1.807) is 19.1 Å². The lowest BCUT2D eigenvalue weighted by Gasteiger charge is -2.14. The number of sulfonamides is 1. The Morgan fingerprint density at radius 2 is 2.00 bits per heavy atom. The van der Waals surface area contributed by atoms with Crippen molar-refractivity contribution in [3.05, 3.63) is 24.1 Å². The third-order valence-electron chi connectivity index (χ3n) is 2.49. The van der Waals surface area contributed by atoms with Crippen LogP contribution in [0.2, 0.25) is 0 Å². The molecule has 0 fully saturated rings. The Labute approximate surface area is 121 Å². The fourth-order valence-electron chi connectivity index (χ4n) is 1.45. The number of nitrogens with zero attached hydrogens (tertiary/aromatic N) is 3. The summed E-state index contributed by atoms with van der Waals surface area (Å²) in [4.78, 5) is 0.611. The van der Waals surface area contributed by atoms with Gasteiger partial charge in [-0.25, -0.2) is 12.7 Å². The maximum absolute atomic E-state index is 12.1. The topological polar surface area (TPSA) is 102 Å². The standard InChI is InChI=1S/C11H14N4O3S2/c1-7-13-14-11(18-7)19-8-5-4-6-9(10(8)12)20(16,17)15(2)3/h4-6H,12H2,1-3H3. The highest BCUT2D eigenvalue weighted by Crippen LogP contribution is 2.35. The van der Waals surface area contributed by atoms with Gasteiger partial charge in [0.1, 0.15) is 4.90 Å². The zero-order chi connectivity index (χ0) is 14.9. The van der Waals surface area contributed by atoms with Crippen LogP contribution < -0.4 is 5.73 Å². The maximum atomic E-state index is 12.1. The van der Waals surface area contributed by atoms with Crippen LogP contribution in [0.25, 0.3) is 0 Å². The van der Waals surface area contributed by atoms with E-state index in [2.05, 4.69) is 10.2 Å². The van der Waals surface area contributed by atoms with Gasteiger partial charge in [-0.2, -0.15) is 0 Å². The molecule has 0 aliphatic heterocycles. The van der Waals surface area contributed by atoms with E-state index in [1.807, 2.05) is 0 Å². The number of rotatable bonds is 4. The monoisotopic (exact) mass is 314 g/mol. The van der Waals surface area contributed by atoms with Crippen molar-refractivity contribution < 1.29 is 12.8 Å². The van der Waals surface area contributed by atoms with E-state index in [0.29, 0.717) is 16.0 Å². The van der Waals surface area contributed by atoms with Gasteiger partial charge in [0.15, 0.2) is 0 Å². The molecule has 0 bridgehead atoms. The zero-order valence-corrected chi connectivity index (χ0v) is 12.8. The lowest BCUT2D eigenvalue weighted by atomic mass is 10.3. The van der Waals surface area contributed by atoms with Gasteiger partial charge in [-0.3, -0.25) is 0 Å². The minimum atomic E-state index is -3.59. The minimum absolute atomic E-state index is 0.0590. The second-order valence-corrected chi connectivity index (χ2v) is 7.26. The number of nitrogen functional groups attached to an aromatic ring is 1. The largest absolute Gasteiger partial charge is 0.416 e. The Morgan fingerprint density at radius 1 is 1.30 bits per heavy atom. The van der Waals surface area contributed by atoms with E-state index >= 15 is 0 Å². The number of hydrogen-bond donors (Lipinski definition) is 1. The van der Waals surface area contributed by atoms with E-state index in [1.165, 1.54) is 20.2 Å². The first-order valence-corrected chi connectivity index (χ1v) is 7.87. The quantitative estimate of drug-likeness (QED) is 0.850. The molecule has 0 unspecified atom stereocenters. The zero-order valence-electron chi connectivity index (χ0n) is 11.2. The Morgan fingerprint density at radius 3 is 2.55 bits per heavy atom. The molecule has 0 atom stereocenters. The van der Waals surface area contributed by atoms with E-state index < -0.39 is 10.0 Å². The average Bonchev–Trinajstić information content (AvgIpc) is 2.77. The van der Waals surface area contributed by atoms with Gasteiger partial charge in [-0.1, -0.05) is 6.07 Å². The van der Waals surface area contributed by atoms with E-state index in [9.17, 15) is 8.42 Å². The normalized spacial score (nSPS) is 12.0. The Balaban J connectivity index is 2.42. The smallest absolute Gasteiger partial charge is 0.281 e. The highest BCUT2D eigenvalue weighted by molar-refractivity contribution is 7.99. The second-order valence-electron chi connectivity index (χ2n) is 4.14. The Hall–Kier alpha value is -1.58. The van der Waals surface area contributed by atoms with Crippen LogP contribution in [-0.4, -0.2) is 37.0 Å². The highest BCUT2D eigenvalue weighted by Gasteiger charge is 2.22. The van der Waals surface area contributed by atoms with Crippen LogP contribution in [0.4, 0.5) is 5.69 Å². The van der Waals surface area contributed by atoms with Gasteiger partial charge in [0.25, 0.3) is 5.22 Å². The molecule has 0 saturated carbocycles. The number of aromatic nitrogens is 2. The molecular weight excluding hydrogens is 300 g/mol. The van der Waals surface area contributed by atoms with Crippen molar-refractivity contribution in [2.45, 2.75) is 21.9 Å². The average molecular weight is 314 g/mol. The number of nitrogens with two attached hydrogens (primary N) is 1. The molecule has 0 aliphatic carbocycles. The molecule has 20 heavy (non-hydrogen) atoms. The van der Waals surface area contributed by atoms with Gasteiger partial charge in [-0.15, -0.1) is 10.2 Å². The van der Waals surface area contributed by atoms with Crippen LogP contribution in [0.15, 0.2) is 37.6 Å². The second kappa shape index (κ2) is 5.43. The van der Waals surface area contributed by atoms with Crippen molar-refractivity contribution in [2.24, 2.45) is 0 Å². The van der Waals surface area contributed by atoms with E-state index in [-0.39, 0.29) is 10.6 Å². The molecule has 7 nitrogen and oxygen atoms in total. The van der Waals surface area contributed by atoms with Crippen molar-refractivity contribution >= 4 is 27.5 Å². The predicted molar refractivity (Wildman–Crippen MR) is 74.9 cm³/mol. The summed E-state index contributed by atoms with van der Waals surface area (Å²) < 4.78 is 30.6. The summed E-state index contributed by atoms with van der Waals surface area (Å²) in [6.45, 7) is 1.67. The number of benzene rings is 1. The van der Waals surface area contributed by atoms with Crippen molar-refractivity contribution in [2.75, 3.05) is 19.8 Å². The van der Waals surface area contributed by atoms with Gasteiger partial charge in [0.05, 0.1) is 5.69 Å². The summed E-state index contributed by atoms with van der Waals surface area (Å²) in [5.41, 5.74) is 6.11. The van der Waals surface area contributed by atoms with Gasteiger partial charge < -0.3 is 10.2 Å². The lowest BCUT2D eigenvalue weighted by Crippen LogP contribution is -2.23. The van der Waals surface area contributed by atoms with Gasteiger partial charge in [-0.05, 0) is 23.9 Å². The molecule has 0 radical (unpaired) electrons. The minimum Gasteiger partial charge on any atom is -0.416 e. The number of aryl methyl sites for hydroxylation is 1. The molecule has 0 amide bonds. The van der Waals surface area contributed by atoms with Crippen LogP contribution >= 0.6 is 11.8 Å². The van der Waals surface area contributed by atoms with Crippen LogP contribution in [-0.2, 0) is 10.0 Å². The summed E-state index contributed by atoms with van der Waals surface area (Å²) in [6.07, 6.45) is 0. The van der Waals surface area contributed by atoms with Crippen LogP contribution in [0.1, 0.15) is 5.89 Å². The van der Waals surface area contributed by atoms with Crippen LogP contribution in [0, 0.1) is 6.92 Å². The summed E-state index contributed by atoms with van der Waals surface area (Å²) >= 11 is 1.13. The molecule has 1 heterocycles. The molecule has 0 aliphatic rings. The van der Waals surface area contributed by atoms with E-state index in [4.69, 9.17) is 10.2 Å². The fraction of sp³-hybridized carbons (Fsp3) is 0.273. The molecule has 0 saturated heterocycles. The molecule has 2 N–H and O–H groups in total. The van der Waals surface area contributed by atoms with Crippen LogP contribution in [0.3, 0.4) is 0 Å². The van der Waals surface area contributed by atoms with Crippen molar-refractivity contribution in [1.82, 2.24) is 14.5 Å². The third kappa shape index (κ3) is 2.79. The number of anilines is 1. The number of para-hydroxylation sites is 1. The van der Waals surface area contributed by atoms with Crippen molar-refractivity contribution in [3.63, 3.8) is 0 Å². The first kappa shape index (κ1) is 14.8. The summed E-state index contributed by atoms with van der Waals surface area (Å²) in [5.74, 6) is 0.433. The molecule has 1 aromatic carbocycles. The highest BCUT2D eigenvalue weighted by atomic mass is 32.2. The molecule has 108 valence electrons. The van der Waals surface area contributed by atoms with Gasteiger partial charge >= 0.3 is 0 Å². The van der Waals surface area contributed by atoms with Gasteiger partial charge in [0, 0.05) is 25.9 Å². The van der Waals surface area contributed by atoms with Crippen molar-refractivity contribution in [1.29, 1.82) is 0 Å². The summed E-state index contributed by atoms with van der Waals surface area (Å²) in [6, 6.07) is 4.79. The molecule has 2 aromatic rings. The predicted octanol–water partition coefficient (Wildman–Crippen LogP) is 1.36. The molecule has 2 rings (SSSR count). The molecule has 1 aromatic heterocycles. The first-order chi connectivity index (χ1) is 9.32. The maximum Gasteiger partial charge on any atom is 0.281 e. The Kier molecular flexibility index (Phi) is 4.02. The molecular formula is C11H14N4O3S2. The Bertz CT molecular complexity index is 725. The number of hydrogen-bond acceptors (Lipinski definition) is 7. The SMILES string of the molecule is Cc1nnc(Sc2cccc(S(=O)(=O)N(C)C)c2N)o1. The van der Waals surface area contributed by atoms with Crippen molar-refractivity contribution in [3.8, 4) is 0 Å². The molecule has 9 heteroatoms. The fourth-order valence-corrected chi connectivity index (χ4v) is 3.34. The summed E-state index contributed by atoms with van der Waals surface area (Å²) in [5, 5.41) is 7.86.